The highest BCUT2D eigenvalue weighted by atomic mass is 32.2. The molecule has 7 nitrogen and oxygen atoms in total. The molecule has 1 spiro atoms. The van der Waals surface area contributed by atoms with Gasteiger partial charge in [-0.2, -0.15) is 5.10 Å². The summed E-state index contributed by atoms with van der Waals surface area (Å²) in [7, 11) is 0. The van der Waals surface area contributed by atoms with Crippen molar-refractivity contribution in [2.24, 2.45) is 0 Å². The third-order valence-electron chi connectivity index (χ3n) is 5.49. The fourth-order valence-corrected chi connectivity index (χ4v) is 4.59. The third-order valence-corrected chi connectivity index (χ3v) is 6.26. The van der Waals surface area contributed by atoms with Crippen LogP contribution in [0.5, 0.6) is 0 Å². The van der Waals surface area contributed by atoms with E-state index in [2.05, 4.69) is 21.0 Å². The third kappa shape index (κ3) is 2.72. The first-order valence-corrected chi connectivity index (χ1v) is 10.2. The Kier molecular flexibility index (Phi) is 4.30. The average molecular weight is 372 g/mol. The van der Waals surface area contributed by atoms with E-state index < -0.39 is 0 Å². The molecule has 2 aliphatic rings. The summed E-state index contributed by atoms with van der Waals surface area (Å²) in [5.41, 5.74) is 9.09. The van der Waals surface area contributed by atoms with Gasteiger partial charge in [-0.25, -0.2) is 9.78 Å². The molecule has 4 heterocycles. The number of aromatic nitrogens is 3. The van der Waals surface area contributed by atoms with Gasteiger partial charge in [-0.3, -0.25) is 4.68 Å². The van der Waals surface area contributed by atoms with E-state index in [0.717, 1.165) is 48.6 Å². The number of likely N-dealkylation sites (tertiary alicyclic amines) is 1. The van der Waals surface area contributed by atoms with Gasteiger partial charge in [0.05, 0.1) is 5.69 Å². The van der Waals surface area contributed by atoms with Crippen molar-refractivity contribution >= 4 is 23.6 Å². The SMILES string of the molecule is CCNC(=O)N1CC[C@@]2(CCn3nc(-c4cnc(N)c(SC)c4)cc32)C1. The van der Waals surface area contributed by atoms with Crippen molar-refractivity contribution < 1.29 is 4.79 Å². The molecular weight excluding hydrogens is 348 g/mol. The number of nitrogens with one attached hydrogen (secondary N) is 1. The molecule has 2 aliphatic heterocycles. The fraction of sp³-hybridized carbons (Fsp3) is 0.500. The molecule has 0 bridgehead atoms. The van der Waals surface area contributed by atoms with Crippen molar-refractivity contribution in [2.45, 2.75) is 36.6 Å². The van der Waals surface area contributed by atoms with Gasteiger partial charge in [-0.05, 0) is 38.2 Å². The number of nitrogens with zero attached hydrogens (tertiary/aromatic N) is 4. The van der Waals surface area contributed by atoms with Gasteiger partial charge in [0.15, 0.2) is 0 Å². The quantitative estimate of drug-likeness (QED) is 0.807. The molecule has 138 valence electrons. The number of thioether (sulfide) groups is 1. The molecule has 0 radical (unpaired) electrons. The summed E-state index contributed by atoms with van der Waals surface area (Å²) < 4.78 is 2.10. The molecule has 1 atom stereocenters. The number of hydrogen-bond acceptors (Lipinski definition) is 5. The second-order valence-corrected chi connectivity index (χ2v) is 7.83. The van der Waals surface area contributed by atoms with E-state index in [4.69, 9.17) is 10.8 Å². The van der Waals surface area contributed by atoms with Crippen LogP contribution in [0.1, 0.15) is 25.5 Å². The fourth-order valence-electron chi connectivity index (χ4n) is 4.08. The van der Waals surface area contributed by atoms with Crippen LogP contribution in [-0.2, 0) is 12.0 Å². The zero-order valence-corrected chi connectivity index (χ0v) is 16.0. The van der Waals surface area contributed by atoms with Crippen LogP contribution in [0.2, 0.25) is 0 Å². The van der Waals surface area contributed by atoms with E-state index in [1.165, 1.54) is 5.69 Å². The molecule has 0 saturated carbocycles. The van der Waals surface area contributed by atoms with Crippen LogP contribution >= 0.6 is 11.8 Å². The Labute approximate surface area is 157 Å². The van der Waals surface area contributed by atoms with Crippen molar-refractivity contribution in [3.05, 3.63) is 24.0 Å². The lowest BCUT2D eigenvalue weighted by Gasteiger charge is -2.23. The predicted octanol–water partition coefficient (Wildman–Crippen LogP) is 2.33. The van der Waals surface area contributed by atoms with Crippen LogP contribution in [0.4, 0.5) is 10.6 Å². The van der Waals surface area contributed by atoms with Crippen LogP contribution < -0.4 is 11.1 Å². The highest BCUT2D eigenvalue weighted by molar-refractivity contribution is 7.98. The molecule has 2 aromatic rings. The molecule has 1 saturated heterocycles. The van der Waals surface area contributed by atoms with Gasteiger partial charge in [0, 0.05) is 53.9 Å². The number of pyridine rings is 1. The topological polar surface area (TPSA) is 89.1 Å². The number of amides is 2. The molecule has 2 amide bonds. The summed E-state index contributed by atoms with van der Waals surface area (Å²) in [6, 6.07) is 4.26. The summed E-state index contributed by atoms with van der Waals surface area (Å²) in [5.74, 6) is 0.554. The maximum atomic E-state index is 12.2. The number of anilines is 1. The molecule has 0 aliphatic carbocycles. The number of fused-ring (bicyclic) bond motifs is 2. The Balaban J connectivity index is 1.62. The number of aryl methyl sites for hydroxylation is 1. The minimum Gasteiger partial charge on any atom is -0.383 e. The summed E-state index contributed by atoms with van der Waals surface area (Å²) in [6.45, 7) is 5.07. The largest absolute Gasteiger partial charge is 0.383 e. The van der Waals surface area contributed by atoms with E-state index in [1.54, 1.807) is 18.0 Å². The van der Waals surface area contributed by atoms with Gasteiger partial charge in [-0.1, -0.05) is 0 Å². The molecule has 1 fully saturated rings. The lowest BCUT2D eigenvalue weighted by atomic mass is 9.82. The molecule has 4 rings (SSSR count). The molecule has 0 unspecified atom stereocenters. The average Bonchev–Trinajstić information content (AvgIpc) is 3.33. The maximum Gasteiger partial charge on any atom is 0.317 e. The monoisotopic (exact) mass is 372 g/mol. The van der Waals surface area contributed by atoms with Gasteiger partial charge < -0.3 is 16.0 Å². The number of carbonyl (C=O) groups excluding carboxylic acids is 1. The molecule has 8 heteroatoms. The molecular formula is C18H24N6OS. The van der Waals surface area contributed by atoms with Gasteiger partial charge >= 0.3 is 6.03 Å². The summed E-state index contributed by atoms with van der Waals surface area (Å²) in [6.07, 6.45) is 5.82. The Bertz CT molecular complexity index is 850. The Morgan fingerprint density at radius 2 is 2.19 bits per heavy atom. The maximum absolute atomic E-state index is 12.2. The number of hydrogen-bond donors (Lipinski definition) is 2. The first-order valence-electron chi connectivity index (χ1n) is 8.97. The van der Waals surface area contributed by atoms with E-state index in [9.17, 15) is 4.79 Å². The molecule has 2 aromatic heterocycles. The number of nitrogens with two attached hydrogens (primary N) is 1. The van der Waals surface area contributed by atoms with E-state index in [-0.39, 0.29) is 11.4 Å². The zero-order chi connectivity index (χ0) is 18.3. The molecule has 3 N–H and O–H groups in total. The Morgan fingerprint density at radius 1 is 1.38 bits per heavy atom. The van der Waals surface area contributed by atoms with Crippen molar-refractivity contribution in [3.8, 4) is 11.3 Å². The number of rotatable bonds is 3. The van der Waals surface area contributed by atoms with Crippen LogP contribution in [0.3, 0.4) is 0 Å². The van der Waals surface area contributed by atoms with Crippen molar-refractivity contribution in [1.82, 2.24) is 25.0 Å². The van der Waals surface area contributed by atoms with Crippen molar-refractivity contribution in [1.29, 1.82) is 0 Å². The Hall–Kier alpha value is -2.22. The summed E-state index contributed by atoms with van der Waals surface area (Å²) in [5, 5.41) is 7.71. The smallest absolute Gasteiger partial charge is 0.317 e. The summed E-state index contributed by atoms with van der Waals surface area (Å²) in [4.78, 5) is 19.4. The Morgan fingerprint density at radius 3 is 2.96 bits per heavy atom. The van der Waals surface area contributed by atoms with E-state index in [0.29, 0.717) is 12.4 Å². The predicted molar refractivity (Wildman–Crippen MR) is 103 cm³/mol. The zero-order valence-electron chi connectivity index (χ0n) is 15.2. The first kappa shape index (κ1) is 17.2. The minimum atomic E-state index is 0.0277. The van der Waals surface area contributed by atoms with Gasteiger partial charge in [-0.15, -0.1) is 11.8 Å². The normalized spacial score (nSPS) is 21.4. The van der Waals surface area contributed by atoms with Crippen molar-refractivity contribution in [2.75, 3.05) is 31.6 Å². The van der Waals surface area contributed by atoms with E-state index >= 15 is 0 Å². The lowest BCUT2D eigenvalue weighted by Crippen LogP contribution is -2.40. The second kappa shape index (κ2) is 6.50. The highest BCUT2D eigenvalue weighted by Gasteiger charge is 2.46. The van der Waals surface area contributed by atoms with Gasteiger partial charge in [0.1, 0.15) is 5.82 Å². The first-order chi connectivity index (χ1) is 12.6. The van der Waals surface area contributed by atoms with Crippen LogP contribution in [0.25, 0.3) is 11.3 Å². The number of urea groups is 1. The molecule has 26 heavy (non-hydrogen) atoms. The van der Waals surface area contributed by atoms with E-state index in [1.807, 2.05) is 24.1 Å². The van der Waals surface area contributed by atoms with Crippen molar-refractivity contribution in [3.63, 3.8) is 0 Å². The minimum absolute atomic E-state index is 0.0277. The van der Waals surface area contributed by atoms with Gasteiger partial charge in [0.25, 0.3) is 0 Å². The van der Waals surface area contributed by atoms with Crippen LogP contribution in [0, 0.1) is 0 Å². The number of nitrogen functional groups attached to an aromatic ring is 1. The van der Waals surface area contributed by atoms with Gasteiger partial charge in [0.2, 0.25) is 0 Å². The molecule has 0 aromatic carbocycles. The highest BCUT2D eigenvalue weighted by Crippen LogP contribution is 2.43. The lowest BCUT2D eigenvalue weighted by molar-refractivity contribution is 0.206. The second-order valence-electron chi connectivity index (χ2n) is 6.99. The summed E-state index contributed by atoms with van der Waals surface area (Å²) >= 11 is 1.59. The number of carbonyl (C=O) groups is 1. The van der Waals surface area contributed by atoms with Crippen LogP contribution in [0.15, 0.2) is 23.2 Å². The standard InChI is InChI=1S/C18H24N6OS/c1-3-20-17(25)23-6-4-18(11-23)5-7-24-15(18)9-13(22-24)12-8-14(26-2)16(19)21-10-12/h8-10H,3-7,11H2,1-2H3,(H2,19,21)(H,20,25)/t18-/m1/s1. The van der Waals surface area contributed by atoms with Crippen LogP contribution in [-0.4, -0.2) is 51.6 Å².